The second kappa shape index (κ2) is 4.91. The van der Waals surface area contributed by atoms with Gasteiger partial charge in [0.25, 0.3) is 5.91 Å². The van der Waals surface area contributed by atoms with Gasteiger partial charge in [-0.1, -0.05) is 0 Å². The zero-order chi connectivity index (χ0) is 16.0. The zero-order valence-corrected chi connectivity index (χ0v) is 12.4. The van der Waals surface area contributed by atoms with Crippen LogP contribution < -0.4 is 0 Å². The second-order valence-electron chi connectivity index (χ2n) is 5.27. The molecule has 6 nitrogen and oxygen atoms in total. The van der Waals surface area contributed by atoms with E-state index in [-0.39, 0.29) is 11.3 Å². The van der Waals surface area contributed by atoms with E-state index < -0.39 is 23.5 Å². The highest BCUT2D eigenvalue weighted by molar-refractivity contribution is 6.14. The van der Waals surface area contributed by atoms with E-state index >= 15 is 0 Å². The van der Waals surface area contributed by atoms with E-state index in [1.807, 2.05) is 0 Å². The molecular weight excluding hydrogens is 286 g/mol. The van der Waals surface area contributed by atoms with Gasteiger partial charge in [-0.25, -0.2) is 0 Å². The molecule has 0 bridgehead atoms. The van der Waals surface area contributed by atoms with Crippen molar-refractivity contribution in [1.29, 1.82) is 0 Å². The number of ketones is 1. The molecule has 3 rings (SSSR count). The van der Waals surface area contributed by atoms with E-state index in [4.69, 9.17) is 8.83 Å². The number of aliphatic hydroxyl groups is 1. The van der Waals surface area contributed by atoms with E-state index in [0.29, 0.717) is 17.3 Å². The molecule has 0 radical (unpaired) electrons. The number of hydrogen-bond acceptors (Lipinski definition) is 5. The van der Waals surface area contributed by atoms with Crippen LogP contribution in [0.1, 0.15) is 33.9 Å². The first-order valence-electron chi connectivity index (χ1n) is 6.78. The second-order valence-corrected chi connectivity index (χ2v) is 5.27. The summed E-state index contributed by atoms with van der Waals surface area (Å²) in [5.74, 6) is 0.0162. The van der Waals surface area contributed by atoms with Crippen molar-refractivity contribution in [2.24, 2.45) is 0 Å². The van der Waals surface area contributed by atoms with Crippen LogP contribution in [0.2, 0.25) is 0 Å². The van der Waals surface area contributed by atoms with Crippen molar-refractivity contribution < 1.29 is 23.5 Å². The first kappa shape index (κ1) is 14.2. The Morgan fingerprint density at radius 3 is 2.32 bits per heavy atom. The van der Waals surface area contributed by atoms with Crippen molar-refractivity contribution in [3.05, 3.63) is 58.6 Å². The Labute approximate surface area is 126 Å². The van der Waals surface area contributed by atoms with Crippen LogP contribution in [0.15, 0.2) is 44.4 Å². The molecule has 0 saturated carbocycles. The number of amides is 1. The molecule has 0 aliphatic carbocycles. The average molecular weight is 301 g/mol. The van der Waals surface area contributed by atoms with Crippen molar-refractivity contribution in [3.63, 3.8) is 0 Å². The predicted molar refractivity (Wildman–Crippen MR) is 76.4 cm³/mol. The fourth-order valence-electron chi connectivity index (χ4n) is 2.58. The Bertz CT molecular complexity index is 795. The Morgan fingerprint density at radius 1 is 1.14 bits per heavy atom. The number of hydrogen-bond donors (Lipinski definition) is 1. The Hall–Kier alpha value is -2.76. The Kier molecular flexibility index (Phi) is 3.16. The van der Waals surface area contributed by atoms with Gasteiger partial charge in [0.15, 0.2) is 11.5 Å². The highest BCUT2D eigenvalue weighted by Gasteiger charge is 2.44. The van der Waals surface area contributed by atoms with Crippen LogP contribution in [0.3, 0.4) is 0 Å². The fraction of sp³-hybridized carbons (Fsp3) is 0.250. The summed E-state index contributed by atoms with van der Waals surface area (Å²) < 4.78 is 10.8. The first-order valence-corrected chi connectivity index (χ1v) is 6.78. The van der Waals surface area contributed by atoms with E-state index in [0.717, 1.165) is 0 Å². The molecule has 0 saturated heterocycles. The minimum Gasteiger partial charge on any atom is -0.503 e. The van der Waals surface area contributed by atoms with Gasteiger partial charge in [0, 0.05) is 7.05 Å². The van der Waals surface area contributed by atoms with E-state index in [9.17, 15) is 14.7 Å². The number of carbonyl (C=O) groups excluding carboxylic acids is 2. The number of aliphatic hydroxyl groups excluding tert-OH is 1. The largest absolute Gasteiger partial charge is 0.503 e. The van der Waals surface area contributed by atoms with Crippen LogP contribution in [0.5, 0.6) is 0 Å². The first-order chi connectivity index (χ1) is 10.4. The molecule has 22 heavy (non-hydrogen) atoms. The summed E-state index contributed by atoms with van der Waals surface area (Å²) >= 11 is 0. The molecule has 1 aliphatic heterocycles. The molecule has 1 atom stereocenters. The molecule has 1 amide bonds. The number of carbonyl (C=O) groups is 2. The van der Waals surface area contributed by atoms with Crippen molar-refractivity contribution in [2.45, 2.75) is 19.9 Å². The molecule has 0 spiro atoms. The van der Waals surface area contributed by atoms with Crippen LogP contribution in [0.4, 0.5) is 0 Å². The molecule has 0 aromatic carbocycles. The fourth-order valence-corrected chi connectivity index (χ4v) is 2.58. The van der Waals surface area contributed by atoms with Gasteiger partial charge in [0.1, 0.15) is 23.3 Å². The summed E-state index contributed by atoms with van der Waals surface area (Å²) in [4.78, 5) is 25.9. The molecule has 0 fully saturated rings. The molecule has 1 aliphatic rings. The quantitative estimate of drug-likeness (QED) is 0.881. The van der Waals surface area contributed by atoms with Gasteiger partial charge in [0.05, 0.1) is 5.57 Å². The summed E-state index contributed by atoms with van der Waals surface area (Å²) in [6, 6.07) is 5.83. The van der Waals surface area contributed by atoms with Crippen molar-refractivity contribution in [3.8, 4) is 0 Å². The highest BCUT2D eigenvalue weighted by Crippen LogP contribution is 2.38. The maximum Gasteiger partial charge on any atom is 0.289 e. The number of Topliss-reactive ketones (excluding diaryl/α,β-unsaturated/α-hetero) is 1. The monoisotopic (exact) mass is 301 g/mol. The van der Waals surface area contributed by atoms with Crippen LogP contribution in [-0.4, -0.2) is 28.7 Å². The third-order valence-electron chi connectivity index (χ3n) is 3.68. The summed E-state index contributed by atoms with van der Waals surface area (Å²) in [5, 5.41) is 10.1. The van der Waals surface area contributed by atoms with E-state index in [1.165, 1.54) is 18.0 Å². The minimum atomic E-state index is -0.765. The predicted octanol–water partition coefficient (Wildman–Crippen LogP) is 2.70. The van der Waals surface area contributed by atoms with Gasteiger partial charge < -0.3 is 18.8 Å². The van der Waals surface area contributed by atoms with Crippen LogP contribution in [0, 0.1) is 13.8 Å². The number of rotatable bonds is 3. The molecule has 2 aromatic rings. The summed E-state index contributed by atoms with van der Waals surface area (Å²) in [7, 11) is 1.51. The minimum absolute atomic E-state index is 0.0313. The smallest absolute Gasteiger partial charge is 0.289 e. The Morgan fingerprint density at radius 2 is 1.77 bits per heavy atom. The normalized spacial score (nSPS) is 18.4. The third-order valence-corrected chi connectivity index (χ3v) is 3.68. The lowest BCUT2D eigenvalue weighted by Gasteiger charge is -2.19. The number of nitrogens with zero attached hydrogens (tertiary/aromatic N) is 1. The molecule has 114 valence electrons. The topological polar surface area (TPSA) is 83.9 Å². The highest BCUT2D eigenvalue weighted by atomic mass is 16.4. The lowest BCUT2D eigenvalue weighted by atomic mass is 10.00. The Balaban J connectivity index is 2.09. The summed E-state index contributed by atoms with van der Waals surface area (Å²) in [5.41, 5.74) is -0.0313. The van der Waals surface area contributed by atoms with Gasteiger partial charge in [-0.15, -0.1) is 0 Å². The number of furan rings is 2. The number of likely N-dealkylation sites (N-methyl/N-ethyl adjacent to an activating group) is 1. The maximum atomic E-state index is 12.6. The SMILES string of the molecule is Cc1ccc(C(=O)C2=C(O)C(=O)N(C)C2c2ccc(C)o2)o1. The zero-order valence-electron chi connectivity index (χ0n) is 12.4. The third kappa shape index (κ3) is 2.04. The average Bonchev–Trinajstić information content (AvgIpc) is 3.14. The van der Waals surface area contributed by atoms with Crippen molar-refractivity contribution in [2.75, 3.05) is 7.05 Å². The van der Waals surface area contributed by atoms with Gasteiger partial charge >= 0.3 is 0 Å². The van der Waals surface area contributed by atoms with E-state index in [2.05, 4.69) is 0 Å². The molecule has 3 heterocycles. The van der Waals surface area contributed by atoms with Gasteiger partial charge in [-0.3, -0.25) is 9.59 Å². The standard InChI is InChI=1S/C16H15NO5/c1-8-4-6-10(21-8)13-12(15(19)16(20)17(13)3)14(18)11-7-5-9(2)22-11/h4-7,13,19H,1-3H3. The van der Waals surface area contributed by atoms with Gasteiger partial charge in [-0.05, 0) is 38.1 Å². The summed E-state index contributed by atoms with van der Waals surface area (Å²) in [6.45, 7) is 3.48. The maximum absolute atomic E-state index is 12.6. The molecular formula is C16H15NO5. The molecule has 6 heteroatoms. The van der Waals surface area contributed by atoms with Crippen LogP contribution in [0.25, 0.3) is 0 Å². The van der Waals surface area contributed by atoms with Gasteiger partial charge in [0.2, 0.25) is 5.78 Å². The number of aryl methyl sites for hydroxylation is 2. The van der Waals surface area contributed by atoms with Gasteiger partial charge in [-0.2, -0.15) is 0 Å². The lowest BCUT2D eigenvalue weighted by Crippen LogP contribution is -2.26. The van der Waals surface area contributed by atoms with E-state index in [1.54, 1.807) is 32.0 Å². The van der Waals surface area contributed by atoms with Crippen LogP contribution >= 0.6 is 0 Å². The summed E-state index contributed by atoms with van der Waals surface area (Å²) in [6.07, 6.45) is 0. The van der Waals surface area contributed by atoms with Crippen molar-refractivity contribution >= 4 is 11.7 Å². The van der Waals surface area contributed by atoms with Crippen LogP contribution in [-0.2, 0) is 4.79 Å². The van der Waals surface area contributed by atoms with Crippen molar-refractivity contribution in [1.82, 2.24) is 4.90 Å². The molecule has 2 aromatic heterocycles. The molecule has 1 unspecified atom stereocenters. The lowest BCUT2D eigenvalue weighted by molar-refractivity contribution is -0.128. The molecule has 1 N–H and O–H groups in total.